The van der Waals surface area contributed by atoms with E-state index in [1.165, 1.54) is 0 Å². The van der Waals surface area contributed by atoms with Crippen LogP contribution in [0, 0.1) is 0 Å². The van der Waals surface area contributed by atoms with Gasteiger partial charge in [0, 0.05) is 19.5 Å². The Morgan fingerprint density at radius 1 is 1.18 bits per heavy atom. The van der Waals surface area contributed by atoms with Crippen LogP contribution in [0.2, 0.25) is 0 Å². The van der Waals surface area contributed by atoms with E-state index >= 15 is 0 Å². The van der Waals surface area contributed by atoms with Gasteiger partial charge in [-0.25, -0.2) is 4.79 Å². The number of carboxylic acids is 1. The van der Waals surface area contributed by atoms with Crippen molar-refractivity contribution in [3.63, 3.8) is 0 Å². The first kappa shape index (κ1) is 15.5. The third kappa shape index (κ3) is 12.4. The molecule has 0 fully saturated rings. The number of ether oxygens (including phenoxy) is 1. The van der Waals surface area contributed by atoms with Crippen LogP contribution in [0.5, 0.6) is 0 Å². The summed E-state index contributed by atoms with van der Waals surface area (Å²) in [5.74, 6) is -0.981. The van der Waals surface area contributed by atoms with Crippen LogP contribution < -0.4 is 10.6 Å². The summed E-state index contributed by atoms with van der Waals surface area (Å²) >= 11 is 0. The molecule has 0 aliphatic heterocycles. The minimum atomic E-state index is -4.71. The molecule has 0 saturated carbocycles. The van der Waals surface area contributed by atoms with Crippen LogP contribution in [0.25, 0.3) is 0 Å². The summed E-state index contributed by atoms with van der Waals surface area (Å²) in [6.07, 6.45) is -4.54. The quantitative estimate of drug-likeness (QED) is 0.586. The van der Waals surface area contributed by atoms with Crippen molar-refractivity contribution < 1.29 is 32.6 Å². The molecule has 6 nitrogen and oxygen atoms in total. The van der Waals surface area contributed by atoms with E-state index in [-0.39, 0.29) is 25.9 Å². The topological polar surface area (TPSA) is 87.7 Å². The summed E-state index contributed by atoms with van der Waals surface area (Å²) in [6, 6.07) is -0.666. The zero-order valence-corrected chi connectivity index (χ0v) is 8.84. The van der Waals surface area contributed by atoms with Crippen LogP contribution in [-0.2, 0) is 9.53 Å². The van der Waals surface area contributed by atoms with Gasteiger partial charge in [-0.15, -0.1) is 13.2 Å². The molecule has 2 amide bonds. The van der Waals surface area contributed by atoms with Crippen molar-refractivity contribution in [3.8, 4) is 0 Å². The Morgan fingerprint density at radius 3 is 2.29 bits per heavy atom. The van der Waals surface area contributed by atoms with E-state index in [4.69, 9.17) is 5.11 Å². The normalized spacial score (nSPS) is 11.0. The molecule has 0 radical (unpaired) electrons. The molecule has 100 valence electrons. The number of amides is 2. The summed E-state index contributed by atoms with van der Waals surface area (Å²) in [5, 5.41) is 12.7. The van der Waals surface area contributed by atoms with Crippen LogP contribution in [-0.4, -0.2) is 43.2 Å². The van der Waals surface area contributed by atoms with Crippen molar-refractivity contribution in [2.24, 2.45) is 0 Å². The van der Waals surface area contributed by atoms with Gasteiger partial charge in [0.1, 0.15) is 0 Å². The summed E-state index contributed by atoms with van der Waals surface area (Å²) in [5.41, 5.74) is 0. The van der Waals surface area contributed by atoms with Gasteiger partial charge in [-0.3, -0.25) is 9.53 Å². The van der Waals surface area contributed by atoms with Crippen LogP contribution in [0.3, 0.4) is 0 Å². The highest BCUT2D eigenvalue weighted by atomic mass is 19.4. The Hall–Kier alpha value is -1.51. The van der Waals surface area contributed by atoms with Gasteiger partial charge in [-0.05, 0) is 6.42 Å². The maximum Gasteiger partial charge on any atom is 0.522 e. The fourth-order valence-corrected chi connectivity index (χ4v) is 0.835. The molecular formula is C8H13F3N2O4. The first-order valence-electron chi connectivity index (χ1n) is 4.75. The van der Waals surface area contributed by atoms with Gasteiger partial charge in [0.2, 0.25) is 0 Å². The van der Waals surface area contributed by atoms with E-state index in [2.05, 4.69) is 15.4 Å². The molecule has 0 aliphatic rings. The maximum absolute atomic E-state index is 11.5. The second kappa shape index (κ2) is 7.71. The Kier molecular flexibility index (Phi) is 7.03. The second-order valence-corrected chi connectivity index (χ2v) is 2.97. The summed E-state index contributed by atoms with van der Waals surface area (Å²) in [6.45, 7) is -0.825. The zero-order valence-electron chi connectivity index (χ0n) is 8.84. The molecular weight excluding hydrogens is 245 g/mol. The molecule has 17 heavy (non-hydrogen) atoms. The number of aliphatic carboxylic acids is 1. The molecule has 0 aromatic rings. The van der Waals surface area contributed by atoms with Crippen LogP contribution >= 0.6 is 0 Å². The van der Waals surface area contributed by atoms with E-state index in [1.807, 2.05) is 0 Å². The van der Waals surface area contributed by atoms with E-state index in [0.29, 0.717) is 0 Å². The molecule has 0 aromatic heterocycles. The lowest BCUT2D eigenvalue weighted by Crippen LogP contribution is -2.38. The molecule has 0 bridgehead atoms. The molecule has 0 saturated heterocycles. The lowest BCUT2D eigenvalue weighted by molar-refractivity contribution is -0.323. The summed E-state index contributed by atoms with van der Waals surface area (Å²) < 4.78 is 37.9. The van der Waals surface area contributed by atoms with E-state index in [1.54, 1.807) is 0 Å². The van der Waals surface area contributed by atoms with Crippen molar-refractivity contribution in [2.45, 2.75) is 19.2 Å². The monoisotopic (exact) mass is 258 g/mol. The molecule has 3 N–H and O–H groups in total. The number of halogens is 3. The number of rotatable bonds is 7. The van der Waals surface area contributed by atoms with Crippen molar-refractivity contribution >= 4 is 12.0 Å². The number of nitrogens with one attached hydrogen (secondary N) is 2. The number of carboxylic acid groups (broad SMARTS) is 1. The summed E-state index contributed by atoms with van der Waals surface area (Å²) in [4.78, 5) is 21.0. The molecule has 0 spiro atoms. The fraction of sp³-hybridized carbons (Fsp3) is 0.750. The molecule has 9 heteroatoms. The summed E-state index contributed by atoms with van der Waals surface area (Å²) in [7, 11) is 0. The number of alkyl halides is 3. The van der Waals surface area contributed by atoms with Crippen LogP contribution in [0.15, 0.2) is 0 Å². The van der Waals surface area contributed by atoms with Gasteiger partial charge < -0.3 is 15.7 Å². The largest absolute Gasteiger partial charge is 0.522 e. The molecule has 0 rings (SSSR count). The van der Waals surface area contributed by atoms with Gasteiger partial charge in [-0.1, -0.05) is 0 Å². The lowest BCUT2D eigenvalue weighted by Gasteiger charge is -2.09. The first-order chi connectivity index (χ1) is 7.81. The SMILES string of the molecule is O=C(O)CCCNC(=O)NCCOC(F)(F)F. The van der Waals surface area contributed by atoms with Crippen molar-refractivity contribution in [1.82, 2.24) is 10.6 Å². The Bertz CT molecular complexity index is 258. The van der Waals surface area contributed by atoms with Crippen molar-refractivity contribution in [2.75, 3.05) is 19.7 Å². The Labute approximate surface area is 95.1 Å². The third-order valence-electron chi connectivity index (χ3n) is 1.51. The molecule has 0 aromatic carbocycles. The smallest absolute Gasteiger partial charge is 0.481 e. The van der Waals surface area contributed by atoms with Gasteiger partial charge >= 0.3 is 18.4 Å². The number of carbonyl (C=O) groups is 2. The molecule has 0 heterocycles. The Balaban J connectivity index is 3.38. The first-order valence-corrected chi connectivity index (χ1v) is 4.75. The van der Waals surface area contributed by atoms with Crippen molar-refractivity contribution in [1.29, 1.82) is 0 Å². The highest BCUT2D eigenvalue weighted by Gasteiger charge is 2.28. The number of urea groups is 1. The van der Waals surface area contributed by atoms with Crippen LogP contribution in [0.1, 0.15) is 12.8 Å². The standard InChI is InChI=1S/C8H13F3N2O4/c9-8(10,11)17-5-4-13-7(16)12-3-1-2-6(14)15/h1-5H2,(H,14,15)(H2,12,13,16). The molecule has 0 atom stereocenters. The number of hydrogen-bond donors (Lipinski definition) is 3. The molecule has 0 aliphatic carbocycles. The highest BCUT2D eigenvalue weighted by Crippen LogP contribution is 2.14. The van der Waals surface area contributed by atoms with E-state index in [0.717, 1.165) is 0 Å². The van der Waals surface area contributed by atoms with Gasteiger partial charge in [0.05, 0.1) is 6.61 Å². The number of carbonyl (C=O) groups excluding carboxylic acids is 1. The third-order valence-corrected chi connectivity index (χ3v) is 1.51. The van der Waals surface area contributed by atoms with Gasteiger partial charge in [-0.2, -0.15) is 0 Å². The number of hydrogen-bond acceptors (Lipinski definition) is 3. The Morgan fingerprint density at radius 2 is 1.76 bits per heavy atom. The maximum atomic E-state index is 11.5. The lowest BCUT2D eigenvalue weighted by atomic mass is 10.3. The van der Waals surface area contributed by atoms with Crippen molar-refractivity contribution in [3.05, 3.63) is 0 Å². The average Bonchev–Trinajstić information content (AvgIpc) is 2.18. The van der Waals surface area contributed by atoms with E-state index < -0.39 is 25.0 Å². The fourth-order valence-electron chi connectivity index (χ4n) is 0.835. The molecule has 0 unspecified atom stereocenters. The highest BCUT2D eigenvalue weighted by molar-refractivity contribution is 5.73. The average molecular weight is 258 g/mol. The minimum absolute atomic E-state index is 0.0858. The van der Waals surface area contributed by atoms with Gasteiger partial charge in [0.25, 0.3) is 0 Å². The van der Waals surface area contributed by atoms with Gasteiger partial charge in [0.15, 0.2) is 0 Å². The minimum Gasteiger partial charge on any atom is -0.481 e. The van der Waals surface area contributed by atoms with Crippen LogP contribution in [0.4, 0.5) is 18.0 Å². The second-order valence-electron chi connectivity index (χ2n) is 2.97. The predicted octanol–water partition coefficient (Wildman–Crippen LogP) is 0.687. The predicted molar refractivity (Wildman–Crippen MR) is 50.3 cm³/mol. The zero-order chi connectivity index (χ0) is 13.3. The van der Waals surface area contributed by atoms with E-state index in [9.17, 15) is 22.8 Å².